The minimum Gasteiger partial charge on any atom is -0.170 e. The van der Waals surface area contributed by atoms with Crippen LogP contribution in [0.15, 0.2) is 18.2 Å². The van der Waals surface area contributed by atoms with E-state index >= 15 is 0 Å². The van der Waals surface area contributed by atoms with E-state index in [2.05, 4.69) is 0 Å². The van der Waals surface area contributed by atoms with Crippen LogP contribution < -0.4 is 0 Å². The van der Waals surface area contributed by atoms with Gasteiger partial charge in [-0.1, -0.05) is 45.9 Å². The van der Waals surface area contributed by atoms with Gasteiger partial charge in [-0.25, -0.2) is 0 Å². The van der Waals surface area contributed by atoms with Gasteiger partial charge in [0.2, 0.25) is 0 Å². The molecule has 0 aliphatic heterocycles. The van der Waals surface area contributed by atoms with Gasteiger partial charge in [0.1, 0.15) is 0 Å². The van der Waals surface area contributed by atoms with Gasteiger partial charge in [0.15, 0.2) is 0 Å². The molecule has 0 radical (unpaired) electrons. The molecular formula is C15H21F3. The Bertz CT molecular complexity index is 526. The number of alkyl halides is 3. The summed E-state index contributed by atoms with van der Waals surface area (Å²) in [7, 11) is 0. The van der Waals surface area contributed by atoms with Crippen LogP contribution >= 0.6 is 0 Å². The number of hydrogen-bond acceptors (Lipinski definition) is 0. The molecule has 0 aliphatic rings. The van der Waals surface area contributed by atoms with Crippen LogP contribution in [0.2, 0.25) is 0 Å². The van der Waals surface area contributed by atoms with E-state index in [1.807, 2.05) is 0 Å². The fourth-order valence-electron chi connectivity index (χ4n) is 1.73. The molecule has 0 spiro atoms. The predicted molar refractivity (Wildman–Crippen MR) is 68.8 cm³/mol. The van der Waals surface area contributed by atoms with Crippen LogP contribution in [0, 0.1) is 19.2 Å². The van der Waals surface area contributed by atoms with Gasteiger partial charge < -0.3 is 0 Å². The summed E-state index contributed by atoms with van der Waals surface area (Å²) in [5.41, 5.74) is -2.20. The lowest BCUT2D eigenvalue weighted by atomic mass is 9.63. The molecule has 1 aromatic carbocycles. The van der Waals surface area contributed by atoms with Gasteiger partial charge >= 0.3 is 6.18 Å². The fraction of sp³-hybridized carbons (Fsp3) is 0.600. The average molecular weight is 261 g/mol. The average Bonchev–Trinajstić information content (AvgIpc) is 2.25. The molecule has 0 bridgehead atoms. The predicted octanol–water partition coefficient (Wildman–Crippen LogP) is 5.17. The molecule has 0 aromatic heterocycles. The Morgan fingerprint density at radius 2 is 1.56 bits per heavy atom. The minimum atomic E-state index is -4.39. The molecule has 1 rings (SSSR count). The summed E-state index contributed by atoms with van der Waals surface area (Å²) in [6.45, 7) is 4.58. The number of rotatable bonds is 2. The smallest absolute Gasteiger partial charge is 0.170 e. The topological polar surface area (TPSA) is 0 Å². The second kappa shape index (κ2) is 4.29. The number of benzene rings is 1. The summed E-state index contributed by atoms with van der Waals surface area (Å²) >= 11 is 0. The molecule has 18 heavy (non-hydrogen) atoms. The van der Waals surface area contributed by atoms with E-state index < -0.39 is 23.9 Å². The van der Waals surface area contributed by atoms with Crippen LogP contribution in [0.3, 0.4) is 0 Å². The Morgan fingerprint density at radius 3 is 2.00 bits per heavy atom. The fourth-order valence-corrected chi connectivity index (χ4v) is 1.73. The number of aryl methyl sites for hydroxylation is 2. The first-order valence-corrected chi connectivity index (χ1v) is 5.80. The third-order valence-corrected chi connectivity index (χ3v) is 4.23. The Labute approximate surface area is 111 Å². The Hall–Kier alpha value is -0.990. The van der Waals surface area contributed by atoms with Crippen molar-refractivity contribution in [3.63, 3.8) is 0 Å². The highest BCUT2D eigenvalue weighted by Crippen LogP contribution is 2.51. The van der Waals surface area contributed by atoms with Crippen molar-refractivity contribution >= 4 is 0 Å². The van der Waals surface area contributed by atoms with Gasteiger partial charge in [-0.3, -0.25) is 0 Å². The zero-order valence-electron chi connectivity index (χ0n) is 14.4. The second-order valence-electron chi connectivity index (χ2n) is 5.78. The molecule has 0 saturated carbocycles. The number of halogens is 3. The van der Waals surface area contributed by atoms with Crippen molar-refractivity contribution in [1.29, 1.82) is 0 Å². The SMILES string of the molecule is [2H]C([2H])([2H])c1cc(C(C)(C)C(C)(C)C(F)(F)F)ccc1C. The molecule has 102 valence electrons. The minimum absolute atomic E-state index is 0.103. The zero-order valence-corrected chi connectivity index (χ0v) is 11.4. The summed E-state index contributed by atoms with van der Waals surface area (Å²) in [4.78, 5) is 0. The van der Waals surface area contributed by atoms with Crippen LogP contribution in [-0.2, 0) is 5.41 Å². The van der Waals surface area contributed by atoms with Crippen LogP contribution in [-0.4, -0.2) is 6.18 Å². The molecule has 0 amide bonds. The Balaban J connectivity index is 3.47. The van der Waals surface area contributed by atoms with Crippen molar-refractivity contribution in [3.05, 3.63) is 34.9 Å². The molecule has 0 nitrogen and oxygen atoms in total. The standard InChI is InChI=1S/C15H21F3/c1-10-7-8-12(9-11(10)2)13(3,4)14(5,6)15(16,17)18/h7-9H,1-6H3/i2D3. The summed E-state index contributed by atoms with van der Waals surface area (Å²) in [5, 5.41) is 0. The molecule has 0 atom stereocenters. The maximum atomic E-state index is 13.3. The highest BCUT2D eigenvalue weighted by Gasteiger charge is 2.56. The first-order chi connectivity index (χ1) is 9.12. The molecule has 0 fully saturated rings. The van der Waals surface area contributed by atoms with Crippen molar-refractivity contribution in [2.45, 2.75) is 53.1 Å². The maximum Gasteiger partial charge on any atom is 0.394 e. The van der Waals surface area contributed by atoms with Gasteiger partial charge in [-0.15, -0.1) is 0 Å². The summed E-state index contributed by atoms with van der Waals surface area (Å²) < 4.78 is 62.5. The first-order valence-electron chi connectivity index (χ1n) is 7.30. The van der Waals surface area contributed by atoms with Crippen LogP contribution in [0.4, 0.5) is 13.2 Å². The van der Waals surface area contributed by atoms with Gasteiger partial charge in [0.05, 0.1) is 5.41 Å². The van der Waals surface area contributed by atoms with Crippen molar-refractivity contribution in [3.8, 4) is 0 Å². The van der Waals surface area contributed by atoms with Crippen molar-refractivity contribution in [2.24, 2.45) is 5.41 Å². The quantitative estimate of drug-likeness (QED) is 0.689. The Kier molecular flexibility index (Phi) is 2.59. The summed E-state index contributed by atoms with van der Waals surface area (Å²) in [5.74, 6) is 0. The van der Waals surface area contributed by atoms with Gasteiger partial charge in [-0.05, 0) is 30.5 Å². The van der Waals surface area contributed by atoms with Crippen molar-refractivity contribution in [1.82, 2.24) is 0 Å². The van der Waals surface area contributed by atoms with E-state index in [4.69, 9.17) is 4.11 Å². The molecule has 0 unspecified atom stereocenters. The maximum absolute atomic E-state index is 13.3. The zero-order chi connectivity index (χ0) is 16.9. The largest absolute Gasteiger partial charge is 0.394 e. The summed E-state index contributed by atoms with van der Waals surface area (Å²) in [6.07, 6.45) is -4.39. The molecule has 0 saturated heterocycles. The third-order valence-electron chi connectivity index (χ3n) is 4.23. The lowest BCUT2D eigenvalue weighted by Gasteiger charge is -2.43. The van der Waals surface area contributed by atoms with Crippen LogP contribution in [0.1, 0.15) is 48.5 Å². The van der Waals surface area contributed by atoms with E-state index in [0.29, 0.717) is 11.1 Å². The van der Waals surface area contributed by atoms with Gasteiger partial charge in [-0.2, -0.15) is 13.2 Å². The molecular weight excluding hydrogens is 237 g/mol. The summed E-state index contributed by atoms with van der Waals surface area (Å²) in [6, 6.07) is 4.54. The van der Waals surface area contributed by atoms with Crippen molar-refractivity contribution < 1.29 is 17.3 Å². The third kappa shape index (κ3) is 2.27. The van der Waals surface area contributed by atoms with E-state index in [0.717, 1.165) is 13.8 Å². The van der Waals surface area contributed by atoms with E-state index in [9.17, 15) is 13.2 Å². The van der Waals surface area contributed by atoms with Crippen LogP contribution in [0.25, 0.3) is 0 Å². The molecule has 0 heterocycles. The molecule has 3 heteroatoms. The van der Waals surface area contributed by atoms with E-state index in [-0.39, 0.29) is 5.56 Å². The van der Waals surface area contributed by atoms with Gasteiger partial charge in [0.25, 0.3) is 0 Å². The van der Waals surface area contributed by atoms with Gasteiger partial charge in [0, 0.05) is 9.53 Å². The number of hydrogen-bond donors (Lipinski definition) is 0. The molecule has 1 aromatic rings. The first kappa shape index (κ1) is 10.9. The van der Waals surface area contributed by atoms with Crippen LogP contribution in [0.5, 0.6) is 0 Å². The van der Waals surface area contributed by atoms with E-state index in [1.165, 1.54) is 19.9 Å². The second-order valence-corrected chi connectivity index (χ2v) is 5.78. The normalized spacial score (nSPS) is 17.0. The lowest BCUT2D eigenvalue weighted by Crippen LogP contribution is -2.47. The highest BCUT2D eigenvalue weighted by molar-refractivity contribution is 5.35. The molecule has 0 N–H and O–H groups in total. The Morgan fingerprint density at radius 1 is 1.00 bits per heavy atom. The monoisotopic (exact) mass is 261 g/mol. The van der Waals surface area contributed by atoms with E-state index in [1.54, 1.807) is 19.1 Å². The molecule has 0 aliphatic carbocycles. The lowest BCUT2D eigenvalue weighted by molar-refractivity contribution is -0.232. The highest BCUT2D eigenvalue weighted by atomic mass is 19.4. The van der Waals surface area contributed by atoms with Crippen molar-refractivity contribution in [2.75, 3.05) is 0 Å².